The Hall–Kier alpha value is -8.14. The number of fused-ring (bicyclic) bond motifs is 18. The molecule has 15 rings (SSSR count). The van der Waals surface area contributed by atoms with Crippen LogP contribution in [-0.2, 0) is 21.7 Å². The topological polar surface area (TPSA) is 9.72 Å². The molecule has 11 aromatic rings. The molecule has 88 heavy (non-hydrogen) atoms. The number of rotatable bonds is 0. The van der Waals surface area contributed by atoms with Gasteiger partial charge >= 0.3 is 0 Å². The summed E-state index contributed by atoms with van der Waals surface area (Å²) in [5, 5.41) is 10.7. The molecule has 1 aliphatic carbocycles. The van der Waals surface area contributed by atoms with Crippen molar-refractivity contribution in [1.29, 1.82) is 0 Å². The first-order valence-electron chi connectivity index (χ1n) is 33.2. The van der Waals surface area contributed by atoms with Crippen molar-refractivity contribution in [1.82, 2.24) is 0 Å². The Labute approximate surface area is 532 Å². The summed E-state index contributed by atoms with van der Waals surface area (Å²) in [6.45, 7) is 43.0. The van der Waals surface area contributed by atoms with Gasteiger partial charge in [0.2, 0.25) is 0 Å². The zero-order chi connectivity index (χ0) is 64.6. The maximum atomic E-state index is 2.39. The van der Waals surface area contributed by atoms with Crippen LogP contribution in [0.4, 0.5) is 34.1 Å². The molecule has 0 spiro atoms. The van der Waals surface area contributed by atoms with Crippen LogP contribution in [0.3, 0.4) is 0 Å². The highest BCUT2D eigenvalue weighted by Gasteiger charge is 2.45. The average molecular weight is 1170 g/mol. The van der Waals surface area contributed by atoms with Crippen LogP contribution >= 0.6 is 0 Å². The predicted molar refractivity (Wildman–Crippen MR) is 395 cm³/mol. The fraction of sp³-hybridized carbons (Fsp3) is 0.318. The van der Waals surface area contributed by atoms with Crippen LogP contribution in [0.25, 0.3) is 54.2 Å². The zero-order valence-electron chi connectivity index (χ0n) is 58.0. The van der Waals surface area contributed by atoms with E-state index in [1.807, 2.05) is 83.1 Å². The minimum atomic E-state index is -0.0396. The SMILES string of the molecule is CC.CC.CC.CC.CC.CC.CN1c2ccccc2C(C)(C)c2c1c1ccccc1c1ccccc21.CN1c2ccccc2C(C)(C)c2c1ccc1c2C(C)(C)c2ccccc2-1.CN1c2ccccc2C(C)(C)c2c1ccc1cc3ccccc3cc21. The maximum absolute atomic E-state index is 2.39. The van der Waals surface area contributed by atoms with Gasteiger partial charge in [0, 0.05) is 76.6 Å². The van der Waals surface area contributed by atoms with Crippen molar-refractivity contribution in [2.75, 3.05) is 35.8 Å². The Morgan fingerprint density at radius 1 is 0.227 bits per heavy atom. The smallest absolute Gasteiger partial charge is 0.0535 e. The summed E-state index contributed by atoms with van der Waals surface area (Å²) in [7, 11) is 6.59. The van der Waals surface area contributed by atoms with Crippen LogP contribution in [0.15, 0.2) is 206 Å². The molecular formula is C85H103N3. The first-order valence-corrected chi connectivity index (χ1v) is 33.2. The van der Waals surface area contributed by atoms with Gasteiger partial charge in [-0.3, -0.25) is 0 Å². The Kier molecular flexibility index (Phi) is 21.4. The molecular weight excluding hydrogens is 1060 g/mol. The molecule has 3 heteroatoms. The maximum Gasteiger partial charge on any atom is 0.0535 e. The van der Waals surface area contributed by atoms with E-state index in [4.69, 9.17) is 0 Å². The molecule has 3 aliphatic heterocycles. The van der Waals surface area contributed by atoms with E-state index < -0.39 is 0 Å². The van der Waals surface area contributed by atoms with Crippen molar-refractivity contribution in [3.63, 3.8) is 0 Å². The lowest BCUT2D eigenvalue weighted by molar-refractivity contribution is 0.582. The average Bonchev–Trinajstić information content (AvgIpc) is 1.74. The highest BCUT2D eigenvalue weighted by Crippen LogP contribution is 2.59. The van der Waals surface area contributed by atoms with Gasteiger partial charge in [0.1, 0.15) is 0 Å². The lowest BCUT2D eigenvalue weighted by atomic mass is 9.67. The first kappa shape index (κ1) is 67.4. The molecule has 0 atom stereocenters. The summed E-state index contributed by atoms with van der Waals surface area (Å²) in [5.74, 6) is 0. The van der Waals surface area contributed by atoms with Crippen LogP contribution < -0.4 is 14.7 Å². The molecule has 11 aromatic carbocycles. The van der Waals surface area contributed by atoms with Crippen molar-refractivity contribution >= 4 is 77.2 Å². The second kappa shape index (κ2) is 27.9. The fourth-order valence-electron chi connectivity index (χ4n) is 14.5. The monoisotopic (exact) mass is 1170 g/mol. The van der Waals surface area contributed by atoms with E-state index in [0.29, 0.717) is 0 Å². The molecule has 0 unspecified atom stereocenters. The molecule has 0 aromatic heterocycles. The van der Waals surface area contributed by atoms with Gasteiger partial charge in [0.25, 0.3) is 0 Å². The fourth-order valence-corrected chi connectivity index (χ4v) is 14.5. The standard InChI is InChI=1S/C25H25N.2C24H21N.6C2H6/c1-24(2)18-11-7-6-10-16(18)17-14-15-21-23(22(17)24)25(3,4)19-12-8-9-13-20(19)26(21)5;1-24(2)20-14-8-9-15-21(20)25(3)23-19-13-7-5-11-17(19)16-10-4-6-12-18(16)22(23)24;1-24(2)20-10-6-7-11-21(20)25(3)22-13-12-18-14-16-8-4-5-9-17(16)15-19(18)23(22)24;6*1-2/h6-15H,1-5H3;2*4-15H,1-3H3;6*1-2H3. The number of hydrogen-bond acceptors (Lipinski definition) is 3. The molecule has 0 amide bonds. The number of hydrogen-bond donors (Lipinski definition) is 0. The summed E-state index contributed by atoms with van der Waals surface area (Å²) < 4.78 is 0. The number of nitrogens with zero attached hydrogens (tertiary/aromatic N) is 3. The van der Waals surface area contributed by atoms with Gasteiger partial charge in [0.05, 0.1) is 5.69 Å². The van der Waals surface area contributed by atoms with Crippen molar-refractivity contribution in [2.45, 2.75) is 160 Å². The van der Waals surface area contributed by atoms with Gasteiger partial charge in [-0.2, -0.15) is 0 Å². The third-order valence-corrected chi connectivity index (χ3v) is 18.2. The van der Waals surface area contributed by atoms with Crippen molar-refractivity contribution in [2.24, 2.45) is 0 Å². The quantitative estimate of drug-likeness (QED) is 0.111. The Morgan fingerprint density at radius 3 is 1.10 bits per heavy atom. The van der Waals surface area contributed by atoms with E-state index in [1.54, 1.807) is 0 Å². The summed E-state index contributed by atoms with van der Waals surface area (Å²) in [4.78, 5) is 7.09. The summed E-state index contributed by atoms with van der Waals surface area (Å²) in [5.41, 5.74) is 22.1. The third kappa shape index (κ3) is 11.2. The molecule has 0 radical (unpaired) electrons. The van der Waals surface area contributed by atoms with Crippen molar-refractivity contribution < 1.29 is 0 Å². The highest BCUT2D eigenvalue weighted by molar-refractivity contribution is 6.17. The van der Waals surface area contributed by atoms with Gasteiger partial charge in [0.15, 0.2) is 0 Å². The number of anilines is 6. The molecule has 0 fully saturated rings. The lowest BCUT2D eigenvalue weighted by Crippen LogP contribution is -2.34. The predicted octanol–water partition coefficient (Wildman–Crippen LogP) is 25.4. The highest BCUT2D eigenvalue weighted by atomic mass is 15.1. The molecule has 3 heterocycles. The number of para-hydroxylation sites is 3. The Morgan fingerprint density at radius 2 is 0.580 bits per heavy atom. The van der Waals surface area contributed by atoms with E-state index >= 15 is 0 Å². The summed E-state index contributed by atoms with van der Waals surface area (Å²) in [6.07, 6.45) is 0. The largest absolute Gasteiger partial charge is 0.344 e. The Balaban J connectivity index is 0.000000173. The van der Waals surface area contributed by atoms with E-state index in [1.165, 1.54) is 133 Å². The van der Waals surface area contributed by atoms with E-state index in [-0.39, 0.29) is 21.7 Å². The zero-order valence-corrected chi connectivity index (χ0v) is 58.0. The molecule has 0 bridgehead atoms. The second-order valence-corrected chi connectivity index (χ2v) is 23.9. The van der Waals surface area contributed by atoms with Crippen LogP contribution in [0, 0.1) is 0 Å². The Bertz CT molecular complexity index is 4190. The van der Waals surface area contributed by atoms with E-state index in [0.717, 1.165) is 0 Å². The van der Waals surface area contributed by atoms with Crippen molar-refractivity contribution in [3.05, 3.63) is 251 Å². The molecule has 0 saturated carbocycles. The van der Waals surface area contributed by atoms with Gasteiger partial charge in [-0.25, -0.2) is 0 Å². The number of benzene rings is 11. The lowest BCUT2D eigenvalue weighted by Gasteiger charge is -2.43. The van der Waals surface area contributed by atoms with Gasteiger partial charge < -0.3 is 14.7 Å². The van der Waals surface area contributed by atoms with Crippen LogP contribution in [0.1, 0.15) is 183 Å². The van der Waals surface area contributed by atoms with E-state index in [2.05, 4.69) is 297 Å². The first-order chi connectivity index (χ1) is 42.5. The van der Waals surface area contributed by atoms with Gasteiger partial charge in [-0.05, 0) is 136 Å². The second-order valence-electron chi connectivity index (χ2n) is 23.9. The summed E-state index contributed by atoms with van der Waals surface area (Å²) >= 11 is 0. The summed E-state index contributed by atoms with van der Waals surface area (Å²) in [6, 6.07) is 75.5. The van der Waals surface area contributed by atoms with Gasteiger partial charge in [-0.15, -0.1) is 0 Å². The molecule has 3 nitrogen and oxygen atoms in total. The van der Waals surface area contributed by atoms with Crippen LogP contribution in [-0.4, -0.2) is 21.1 Å². The molecule has 4 aliphatic rings. The third-order valence-electron chi connectivity index (χ3n) is 18.2. The van der Waals surface area contributed by atoms with Gasteiger partial charge in [-0.1, -0.05) is 302 Å². The van der Waals surface area contributed by atoms with Crippen molar-refractivity contribution in [3.8, 4) is 11.1 Å². The van der Waals surface area contributed by atoms with Crippen LogP contribution in [0.5, 0.6) is 0 Å². The normalized spacial score (nSPS) is 14.4. The van der Waals surface area contributed by atoms with Crippen LogP contribution in [0.2, 0.25) is 0 Å². The van der Waals surface area contributed by atoms with E-state index in [9.17, 15) is 0 Å². The molecule has 0 saturated heterocycles. The minimum absolute atomic E-state index is 0.0155. The molecule has 0 N–H and O–H groups in total. The molecule has 458 valence electrons. The minimum Gasteiger partial charge on any atom is -0.344 e.